The Balaban J connectivity index is 1.55. The molecule has 0 aliphatic heterocycles. The number of hydrogen-bond donors (Lipinski definition) is 1. The second-order valence-electron chi connectivity index (χ2n) is 6.05. The van der Waals surface area contributed by atoms with Crippen LogP contribution in [-0.2, 0) is 6.42 Å². The summed E-state index contributed by atoms with van der Waals surface area (Å²) in [4.78, 5) is 0. The number of nitrogens with one attached hydrogen (secondary N) is 1. The Morgan fingerprint density at radius 1 is 1.05 bits per heavy atom. The van der Waals surface area contributed by atoms with E-state index in [1.54, 1.807) is 0 Å². The van der Waals surface area contributed by atoms with Crippen LogP contribution in [0.15, 0.2) is 30.3 Å². The van der Waals surface area contributed by atoms with Crippen molar-refractivity contribution in [3.05, 3.63) is 35.9 Å². The summed E-state index contributed by atoms with van der Waals surface area (Å²) in [6, 6.07) is 11.6. The molecule has 1 nitrogen and oxygen atoms in total. The largest absolute Gasteiger partial charge is 0.314 e. The van der Waals surface area contributed by atoms with Crippen LogP contribution in [0.5, 0.6) is 0 Å². The van der Waals surface area contributed by atoms with Gasteiger partial charge in [0.15, 0.2) is 0 Å². The first-order chi connectivity index (χ1) is 9.38. The Bertz CT molecular complexity index is 325. The van der Waals surface area contributed by atoms with Gasteiger partial charge in [-0.05, 0) is 56.6 Å². The Labute approximate surface area is 118 Å². The van der Waals surface area contributed by atoms with Gasteiger partial charge in [-0.3, -0.25) is 0 Å². The van der Waals surface area contributed by atoms with Crippen LogP contribution in [0.3, 0.4) is 0 Å². The van der Waals surface area contributed by atoms with Gasteiger partial charge in [0.25, 0.3) is 0 Å². The molecule has 19 heavy (non-hydrogen) atoms. The third-order valence-electron chi connectivity index (χ3n) is 4.46. The zero-order valence-corrected chi connectivity index (χ0v) is 12.4. The average molecular weight is 259 g/mol. The molecule has 0 saturated heterocycles. The molecule has 0 amide bonds. The van der Waals surface area contributed by atoms with E-state index in [1.165, 1.54) is 63.5 Å². The lowest BCUT2D eigenvalue weighted by atomic mass is 9.83. The molecule has 1 heteroatoms. The van der Waals surface area contributed by atoms with Crippen LogP contribution in [-0.4, -0.2) is 12.6 Å². The Hall–Kier alpha value is -0.820. The molecule has 1 N–H and O–H groups in total. The quantitative estimate of drug-likeness (QED) is 0.707. The Morgan fingerprint density at radius 3 is 2.47 bits per heavy atom. The maximum absolute atomic E-state index is 3.75. The normalized spacial score (nSPS) is 23.4. The highest BCUT2D eigenvalue weighted by Gasteiger charge is 2.19. The molecule has 1 aromatic rings. The topological polar surface area (TPSA) is 12.0 Å². The van der Waals surface area contributed by atoms with Crippen molar-refractivity contribution in [2.45, 2.75) is 64.3 Å². The van der Waals surface area contributed by atoms with Crippen LogP contribution in [0.4, 0.5) is 0 Å². The highest BCUT2D eigenvalue weighted by atomic mass is 14.9. The van der Waals surface area contributed by atoms with Crippen LogP contribution < -0.4 is 5.32 Å². The number of benzene rings is 1. The van der Waals surface area contributed by atoms with Gasteiger partial charge in [0.1, 0.15) is 0 Å². The fourth-order valence-electron chi connectivity index (χ4n) is 3.31. The zero-order chi connectivity index (χ0) is 13.3. The zero-order valence-electron chi connectivity index (χ0n) is 12.4. The van der Waals surface area contributed by atoms with Crippen LogP contribution in [0.2, 0.25) is 0 Å². The maximum Gasteiger partial charge on any atom is 0.00672 e. The third-order valence-corrected chi connectivity index (χ3v) is 4.46. The summed E-state index contributed by atoms with van der Waals surface area (Å²) in [6.45, 7) is 3.49. The number of aryl methyl sites for hydroxylation is 1. The molecular formula is C18H29N. The van der Waals surface area contributed by atoms with Gasteiger partial charge >= 0.3 is 0 Å². The van der Waals surface area contributed by atoms with Gasteiger partial charge in [-0.2, -0.15) is 0 Å². The average Bonchev–Trinajstić information content (AvgIpc) is 2.47. The van der Waals surface area contributed by atoms with Gasteiger partial charge in [-0.25, -0.2) is 0 Å². The van der Waals surface area contributed by atoms with E-state index in [1.807, 2.05) is 0 Å². The predicted molar refractivity (Wildman–Crippen MR) is 83.4 cm³/mol. The van der Waals surface area contributed by atoms with Gasteiger partial charge in [-0.1, -0.05) is 50.1 Å². The molecule has 0 bridgehead atoms. The lowest BCUT2D eigenvalue weighted by Gasteiger charge is -2.29. The molecule has 106 valence electrons. The van der Waals surface area contributed by atoms with E-state index >= 15 is 0 Å². The van der Waals surface area contributed by atoms with Crippen molar-refractivity contribution >= 4 is 0 Å². The van der Waals surface area contributed by atoms with Crippen LogP contribution in [0, 0.1) is 5.92 Å². The lowest BCUT2D eigenvalue weighted by molar-refractivity contribution is 0.278. The molecule has 0 unspecified atom stereocenters. The second-order valence-corrected chi connectivity index (χ2v) is 6.05. The van der Waals surface area contributed by atoms with Crippen molar-refractivity contribution in [3.8, 4) is 0 Å². The summed E-state index contributed by atoms with van der Waals surface area (Å²) in [7, 11) is 0. The minimum atomic E-state index is 0.795. The Kier molecular flexibility index (Phi) is 6.43. The first-order valence-electron chi connectivity index (χ1n) is 8.15. The van der Waals surface area contributed by atoms with Crippen LogP contribution >= 0.6 is 0 Å². The number of hydrogen-bond acceptors (Lipinski definition) is 1. The minimum Gasteiger partial charge on any atom is -0.314 e. The summed E-state index contributed by atoms with van der Waals surface area (Å²) in [5.74, 6) is 1.02. The van der Waals surface area contributed by atoms with E-state index in [2.05, 4.69) is 42.6 Å². The van der Waals surface area contributed by atoms with Gasteiger partial charge in [-0.15, -0.1) is 0 Å². The summed E-state index contributed by atoms with van der Waals surface area (Å²) in [6.07, 6.45) is 11.0. The molecule has 0 spiro atoms. The predicted octanol–water partition coefficient (Wildman–Crippen LogP) is 4.57. The van der Waals surface area contributed by atoms with Crippen molar-refractivity contribution in [1.82, 2.24) is 5.32 Å². The van der Waals surface area contributed by atoms with E-state index in [9.17, 15) is 0 Å². The van der Waals surface area contributed by atoms with Gasteiger partial charge in [0.05, 0.1) is 0 Å². The fraction of sp³-hybridized carbons (Fsp3) is 0.667. The Morgan fingerprint density at radius 2 is 1.79 bits per heavy atom. The van der Waals surface area contributed by atoms with Crippen molar-refractivity contribution in [2.75, 3.05) is 6.54 Å². The monoisotopic (exact) mass is 259 g/mol. The van der Waals surface area contributed by atoms with Crippen LogP contribution in [0.25, 0.3) is 0 Å². The molecule has 2 rings (SSSR count). The molecule has 1 aliphatic carbocycles. The minimum absolute atomic E-state index is 0.795. The molecule has 0 heterocycles. The lowest BCUT2D eigenvalue weighted by Crippen LogP contribution is -2.33. The van der Waals surface area contributed by atoms with E-state index in [4.69, 9.17) is 0 Å². The molecule has 0 atom stereocenters. The van der Waals surface area contributed by atoms with Crippen molar-refractivity contribution in [2.24, 2.45) is 5.92 Å². The molecule has 1 aromatic carbocycles. The fourth-order valence-corrected chi connectivity index (χ4v) is 3.31. The second kappa shape index (κ2) is 8.37. The van der Waals surface area contributed by atoms with E-state index in [0.29, 0.717) is 0 Å². The van der Waals surface area contributed by atoms with Crippen molar-refractivity contribution in [3.63, 3.8) is 0 Å². The van der Waals surface area contributed by atoms with E-state index < -0.39 is 0 Å². The molecular weight excluding hydrogens is 230 g/mol. The summed E-state index contributed by atoms with van der Waals surface area (Å²) in [5, 5.41) is 3.75. The van der Waals surface area contributed by atoms with Gasteiger partial charge in [0.2, 0.25) is 0 Å². The molecule has 0 aromatic heterocycles. The summed E-state index contributed by atoms with van der Waals surface area (Å²) >= 11 is 0. The summed E-state index contributed by atoms with van der Waals surface area (Å²) in [5.41, 5.74) is 1.47. The van der Waals surface area contributed by atoms with Crippen LogP contribution in [0.1, 0.15) is 57.4 Å². The van der Waals surface area contributed by atoms with Crippen molar-refractivity contribution in [1.29, 1.82) is 0 Å². The van der Waals surface area contributed by atoms with Gasteiger partial charge in [0, 0.05) is 6.04 Å². The van der Waals surface area contributed by atoms with E-state index in [0.717, 1.165) is 12.0 Å². The first-order valence-corrected chi connectivity index (χ1v) is 8.15. The first kappa shape index (κ1) is 14.6. The third kappa shape index (κ3) is 5.36. The molecule has 1 aliphatic rings. The molecule has 1 saturated carbocycles. The SMILES string of the molecule is CCCC1CCC(NCCCc2ccccc2)CC1. The number of rotatable bonds is 7. The maximum atomic E-state index is 3.75. The van der Waals surface area contributed by atoms with E-state index in [-0.39, 0.29) is 0 Å². The molecule has 1 fully saturated rings. The standard InChI is InChI=1S/C18H29N/c1-2-7-16-11-13-18(14-12-16)19-15-6-10-17-8-4-3-5-9-17/h3-5,8-9,16,18-19H,2,6-7,10-15H2,1H3. The van der Waals surface area contributed by atoms with Gasteiger partial charge < -0.3 is 5.32 Å². The highest BCUT2D eigenvalue weighted by molar-refractivity contribution is 5.14. The molecule has 0 radical (unpaired) electrons. The highest BCUT2D eigenvalue weighted by Crippen LogP contribution is 2.27. The van der Waals surface area contributed by atoms with Crippen molar-refractivity contribution < 1.29 is 0 Å². The summed E-state index contributed by atoms with van der Waals surface area (Å²) < 4.78 is 0. The smallest absolute Gasteiger partial charge is 0.00672 e.